The molecule has 0 radical (unpaired) electrons. The molecule has 1 aromatic carbocycles. The summed E-state index contributed by atoms with van der Waals surface area (Å²) in [5.41, 5.74) is 0.717. The molecule has 11 heteroatoms. The van der Waals surface area contributed by atoms with E-state index in [1.807, 2.05) is 6.92 Å². The van der Waals surface area contributed by atoms with Gasteiger partial charge in [0, 0.05) is 31.6 Å². The number of hydrogen-bond donors (Lipinski definition) is 0. The smallest absolute Gasteiger partial charge is 0.408 e. The lowest BCUT2D eigenvalue weighted by Crippen LogP contribution is -2.48. The molecule has 0 atom stereocenters. The highest BCUT2D eigenvalue weighted by atomic mass is 32.2. The summed E-state index contributed by atoms with van der Waals surface area (Å²) in [6, 6.07) is 5.04. The van der Waals surface area contributed by atoms with E-state index >= 15 is 0 Å². The summed E-state index contributed by atoms with van der Waals surface area (Å²) in [5, 5.41) is 3.87. The molecule has 0 amide bonds. The fourth-order valence-electron chi connectivity index (χ4n) is 4.88. The molecule has 33 heavy (non-hydrogen) atoms. The number of likely N-dealkylation sites (tertiary alicyclic amines) is 1. The number of rotatable bonds is 6. The van der Waals surface area contributed by atoms with Crippen molar-refractivity contribution in [2.75, 3.05) is 26.2 Å². The monoisotopic (exact) mass is 475 g/mol. The predicted molar refractivity (Wildman–Crippen MR) is 120 cm³/mol. The molecule has 0 unspecified atom stereocenters. The Morgan fingerprint density at radius 3 is 2.55 bits per heavy atom. The third kappa shape index (κ3) is 4.36. The van der Waals surface area contributed by atoms with Gasteiger partial charge in [-0.15, -0.1) is 0 Å². The molecular weight excluding hydrogens is 446 g/mol. The molecule has 0 bridgehead atoms. The van der Waals surface area contributed by atoms with Crippen LogP contribution in [-0.4, -0.2) is 64.6 Å². The van der Waals surface area contributed by atoms with Gasteiger partial charge in [0.25, 0.3) is 0 Å². The Kier molecular flexibility index (Phi) is 6.11. The number of oxazole rings is 1. The highest BCUT2D eigenvalue weighted by molar-refractivity contribution is 7.89. The summed E-state index contributed by atoms with van der Waals surface area (Å²) in [6.45, 7) is 5.23. The van der Waals surface area contributed by atoms with Crippen molar-refractivity contribution in [2.24, 2.45) is 0 Å². The Bertz CT molecular complexity index is 1280. The molecule has 178 valence electrons. The molecule has 2 fully saturated rings. The number of aromatic nitrogens is 3. The zero-order valence-corrected chi connectivity index (χ0v) is 19.6. The summed E-state index contributed by atoms with van der Waals surface area (Å²) in [5.74, 6) is 0.262. The van der Waals surface area contributed by atoms with Crippen LogP contribution in [0.25, 0.3) is 11.1 Å². The van der Waals surface area contributed by atoms with Gasteiger partial charge in [-0.1, -0.05) is 18.5 Å². The lowest BCUT2D eigenvalue weighted by atomic mass is 10.0. The number of hydrogen-bond acceptors (Lipinski definition) is 8. The van der Waals surface area contributed by atoms with Crippen molar-refractivity contribution in [3.63, 3.8) is 0 Å². The van der Waals surface area contributed by atoms with Crippen LogP contribution in [-0.2, 0) is 23.0 Å². The molecule has 4 heterocycles. The van der Waals surface area contributed by atoms with Crippen molar-refractivity contribution >= 4 is 21.1 Å². The third-order valence-corrected chi connectivity index (χ3v) is 8.61. The SMILES string of the molecule is CCc1nc(Cn2c(=O)oc3cc(S(=O)(=O)N4CCC(N5CCCCC5)CC4)ccc32)no1. The molecule has 2 aliphatic heterocycles. The zero-order valence-electron chi connectivity index (χ0n) is 18.8. The van der Waals surface area contributed by atoms with Crippen LogP contribution in [0.1, 0.15) is 50.7 Å². The van der Waals surface area contributed by atoms with Gasteiger partial charge in [-0.05, 0) is 50.9 Å². The first-order valence-electron chi connectivity index (χ1n) is 11.6. The molecule has 2 aliphatic rings. The Morgan fingerprint density at radius 1 is 1.09 bits per heavy atom. The first kappa shape index (κ1) is 22.3. The maximum absolute atomic E-state index is 13.3. The average Bonchev–Trinajstić information content (AvgIpc) is 3.43. The van der Waals surface area contributed by atoms with Gasteiger partial charge in [0.1, 0.15) is 0 Å². The van der Waals surface area contributed by atoms with Crippen LogP contribution in [0, 0.1) is 0 Å². The number of piperidine rings is 2. The molecule has 5 rings (SSSR count). The minimum Gasteiger partial charge on any atom is -0.408 e. The molecular formula is C22H29N5O5S. The molecule has 10 nitrogen and oxygen atoms in total. The van der Waals surface area contributed by atoms with Crippen LogP contribution in [0.3, 0.4) is 0 Å². The molecule has 2 saturated heterocycles. The largest absolute Gasteiger partial charge is 0.420 e. The van der Waals surface area contributed by atoms with Crippen molar-refractivity contribution in [1.82, 2.24) is 23.9 Å². The van der Waals surface area contributed by atoms with E-state index in [2.05, 4.69) is 15.0 Å². The van der Waals surface area contributed by atoms with E-state index in [-0.39, 0.29) is 17.0 Å². The summed E-state index contributed by atoms with van der Waals surface area (Å²) < 4.78 is 39.9. The quantitative estimate of drug-likeness (QED) is 0.533. The lowest BCUT2D eigenvalue weighted by Gasteiger charge is -2.39. The van der Waals surface area contributed by atoms with E-state index in [0.29, 0.717) is 42.8 Å². The minimum absolute atomic E-state index is 0.0887. The molecule has 0 spiro atoms. The average molecular weight is 476 g/mol. The Hall–Kier alpha value is -2.50. The lowest BCUT2D eigenvalue weighted by molar-refractivity contribution is 0.118. The fourth-order valence-corrected chi connectivity index (χ4v) is 6.36. The molecule has 2 aromatic heterocycles. The second kappa shape index (κ2) is 9.03. The van der Waals surface area contributed by atoms with Crippen molar-refractivity contribution < 1.29 is 17.4 Å². The summed E-state index contributed by atoms with van der Waals surface area (Å²) in [7, 11) is -3.67. The minimum atomic E-state index is -3.67. The normalized spacial score (nSPS) is 19.4. The zero-order chi connectivity index (χ0) is 23.0. The molecule has 0 aliphatic carbocycles. The van der Waals surface area contributed by atoms with E-state index in [0.717, 1.165) is 25.9 Å². The number of fused-ring (bicyclic) bond motifs is 1. The highest BCUT2D eigenvalue weighted by Crippen LogP contribution is 2.27. The number of benzene rings is 1. The molecule has 3 aromatic rings. The van der Waals surface area contributed by atoms with Crippen molar-refractivity contribution in [1.29, 1.82) is 0 Å². The Labute approximate surface area is 192 Å². The second-order valence-electron chi connectivity index (χ2n) is 8.77. The van der Waals surface area contributed by atoms with Gasteiger partial charge in [-0.2, -0.15) is 9.29 Å². The Morgan fingerprint density at radius 2 is 1.85 bits per heavy atom. The number of nitrogens with zero attached hydrogens (tertiary/aromatic N) is 5. The molecule has 0 saturated carbocycles. The topological polar surface area (TPSA) is 115 Å². The summed E-state index contributed by atoms with van der Waals surface area (Å²) in [6.07, 6.45) is 6.05. The fraction of sp³-hybridized carbons (Fsp3) is 0.591. The number of aryl methyl sites for hydroxylation is 1. The molecule has 0 N–H and O–H groups in total. The van der Waals surface area contributed by atoms with Gasteiger partial charge in [0.2, 0.25) is 15.9 Å². The first-order chi connectivity index (χ1) is 16.0. The van der Waals surface area contributed by atoms with Crippen molar-refractivity contribution in [3.05, 3.63) is 40.5 Å². The van der Waals surface area contributed by atoms with Crippen LogP contribution >= 0.6 is 0 Å². The van der Waals surface area contributed by atoms with Crippen molar-refractivity contribution in [3.8, 4) is 0 Å². The van der Waals surface area contributed by atoms with Gasteiger partial charge in [-0.3, -0.25) is 4.57 Å². The predicted octanol–water partition coefficient (Wildman–Crippen LogP) is 2.23. The van der Waals surface area contributed by atoms with Crippen molar-refractivity contribution in [2.45, 2.75) is 62.9 Å². The van der Waals surface area contributed by atoms with E-state index in [9.17, 15) is 13.2 Å². The third-order valence-electron chi connectivity index (χ3n) is 6.72. The standard InChI is InChI=1S/C22H29N5O5S/c1-2-21-23-20(24-32-21)15-27-18-7-6-17(14-19(18)31-22(27)28)33(29,30)26-12-8-16(9-13-26)25-10-4-3-5-11-25/h6-7,14,16H,2-5,8-13,15H2,1H3. The summed E-state index contributed by atoms with van der Waals surface area (Å²) in [4.78, 5) is 19.3. The van der Waals surface area contributed by atoms with Gasteiger partial charge >= 0.3 is 5.76 Å². The van der Waals surface area contributed by atoms with Crippen LogP contribution in [0.2, 0.25) is 0 Å². The van der Waals surface area contributed by atoms with Gasteiger partial charge in [0.05, 0.1) is 17.0 Å². The van der Waals surface area contributed by atoms with E-state index in [4.69, 9.17) is 8.94 Å². The van der Waals surface area contributed by atoms with Gasteiger partial charge in [-0.25, -0.2) is 13.2 Å². The maximum Gasteiger partial charge on any atom is 0.420 e. The van der Waals surface area contributed by atoms with Gasteiger partial charge < -0.3 is 13.8 Å². The van der Waals surface area contributed by atoms with Crippen LogP contribution in [0.4, 0.5) is 0 Å². The van der Waals surface area contributed by atoms with Crippen LogP contribution in [0.15, 0.2) is 36.8 Å². The number of sulfonamides is 1. The van der Waals surface area contributed by atoms with Crippen LogP contribution < -0.4 is 5.76 Å². The first-order valence-corrected chi connectivity index (χ1v) is 13.1. The maximum atomic E-state index is 13.3. The van der Waals surface area contributed by atoms with Gasteiger partial charge in [0.15, 0.2) is 11.4 Å². The van der Waals surface area contributed by atoms with E-state index in [1.165, 1.54) is 36.0 Å². The summed E-state index contributed by atoms with van der Waals surface area (Å²) >= 11 is 0. The Balaban J connectivity index is 1.33. The van der Waals surface area contributed by atoms with E-state index in [1.54, 1.807) is 10.4 Å². The second-order valence-corrected chi connectivity index (χ2v) is 10.7. The highest BCUT2D eigenvalue weighted by Gasteiger charge is 2.32. The van der Waals surface area contributed by atoms with E-state index < -0.39 is 15.8 Å². The van der Waals surface area contributed by atoms with Crippen LogP contribution in [0.5, 0.6) is 0 Å².